The molecular formula is C12H8F3NO3. The molecule has 1 N–H and O–H groups in total. The molecule has 0 saturated carbocycles. The predicted octanol–water partition coefficient (Wildman–Crippen LogP) is 3.37. The molecule has 1 aromatic carbocycles. The molecule has 0 aliphatic carbocycles. The number of carboxylic acid groups (broad SMARTS) is 1. The first kappa shape index (κ1) is 13.1. The van der Waals surface area contributed by atoms with Crippen LogP contribution in [0.1, 0.15) is 21.8 Å². The van der Waals surface area contributed by atoms with E-state index in [0.717, 1.165) is 5.56 Å². The lowest BCUT2D eigenvalue weighted by molar-refractivity contribution is -0.141. The van der Waals surface area contributed by atoms with Crippen molar-refractivity contribution in [3.63, 3.8) is 0 Å². The standard InChI is InChI=1S/C12H8F3NO3/c1-6-2-4-7(5-3-6)10-16-9(12(13,14)15)8(19-10)11(17)18/h2-5H,1H3,(H,17,18). The molecule has 0 atom stereocenters. The third kappa shape index (κ3) is 2.59. The van der Waals surface area contributed by atoms with E-state index >= 15 is 0 Å². The lowest BCUT2D eigenvalue weighted by Crippen LogP contribution is -2.11. The van der Waals surface area contributed by atoms with Gasteiger partial charge in [-0.25, -0.2) is 9.78 Å². The minimum absolute atomic E-state index is 0.281. The Morgan fingerprint density at radius 2 is 1.84 bits per heavy atom. The van der Waals surface area contributed by atoms with Crippen LogP contribution in [0.5, 0.6) is 0 Å². The van der Waals surface area contributed by atoms with Gasteiger partial charge in [0.1, 0.15) is 0 Å². The molecule has 1 aromatic heterocycles. The van der Waals surface area contributed by atoms with Crippen LogP contribution in [0.2, 0.25) is 0 Å². The minimum atomic E-state index is -4.87. The monoisotopic (exact) mass is 271 g/mol. The fourth-order valence-electron chi connectivity index (χ4n) is 1.48. The van der Waals surface area contributed by atoms with Gasteiger partial charge in [0, 0.05) is 5.56 Å². The highest BCUT2D eigenvalue weighted by atomic mass is 19.4. The molecule has 19 heavy (non-hydrogen) atoms. The second kappa shape index (κ2) is 4.42. The average Bonchev–Trinajstić information content (AvgIpc) is 2.74. The number of carbonyl (C=O) groups is 1. The summed E-state index contributed by atoms with van der Waals surface area (Å²) in [6, 6.07) is 6.33. The normalized spacial score (nSPS) is 11.6. The molecule has 0 saturated heterocycles. The lowest BCUT2D eigenvalue weighted by atomic mass is 10.1. The number of alkyl halides is 3. The van der Waals surface area contributed by atoms with Crippen molar-refractivity contribution in [2.45, 2.75) is 13.1 Å². The molecule has 0 aliphatic rings. The Morgan fingerprint density at radius 3 is 2.26 bits per heavy atom. The van der Waals surface area contributed by atoms with Crippen molar-refractivity contribution in [1.82, 2.24) is 4.98 Å². The second-order valence-electron chi connectivity index (χ2n) is 3.87. The summed E-state index contributed by atoms with van der Waals surface area (Å²) in [5.41, 5.74) is -0.344. The van der Waals surface area contributed by atoms with Gasteiger partial charge in [0.15, 0.2) is 5.69 Å². The second-order valence-corrected chi connectivity index (χ2v) is 3.87. The SMILES string of the molecule is Cc1ccc(-c2nc(C(F)(F)F)c(C(=O)O)o2)cc1. The topological polar surface area (TPSA) is 63.3 Å². The molecule has 4 nitrogen and oxygen atoms in total. The van der Waals surface area contributed by atoms with Crippen molar-refractivity contribution in [3.8, 4) is 11.5 Å². The Morgan fingerprint density at radius 1 is 1.26 bits per heavy atom. The summed E-state index contributed by atoms with van der Waals surface area (Å²) in [7, 11) is 0. The Labute approximate surface area is 105 Å². The van der Waals surface area contributed by atoms with Crippen LogP contribution in [0.3, 0.4) is 0 Å². The number of benzene rings is 1. The Hall–Kier alpha value is -2.31. The van der Waals surface area contributed by atoms with E-state index in [1.807, 2.05) is 6.92 Å². The molecule has 0 amide bonds. The van der Waals surface area contributed by atoms with Gasteiger partial charge in [0.05, 0.1) is 0 Å². The summed E-state index contributed by atoms with van der Waals surface area (Å²) in [4.78, 5) is 14.0. The zero-order chi connectivity index (χ0) is 14.2. The highest BCUT2D eigenvalue weighted by Crippen LogP contribution is 2.34. The van der Waals surface area contributed by atoms with Crippen LogP contribution in [0.15, 0.2) is 28.7 Å². The van der Waals surface area contributed by atoms with Gasteiger partial charge >= 0.3 is 12.1 Å². The fourth-order valence-corrected chi connectivity index (χ4v) is 1.48. The molecule has 1 heterocycles. The van der Waals surface area contributed by atoms with E-state index in [4.69, 9.17) is 9.52 Å². The number of hydrogen-bond donors (Lipinski definition) is 1. The van der Waals surface area contributed by atoms with Gasteiger partial charge in [-0.05, 0) is 19.1 Å². The maximum atomic E-state index is 12.6. The molecule has 0 aliphatic heterocycles. The van der Waals surface area contributed by atoms with E-state index in [0.29, 0.717) is 0 Å². The molecule has 0 radical (unpaired) electrons. The van der Waals surface area contributed by atoms with Crippen molar-refractivity contribution in [3.05, 3.63) is 41.3 Å². The van der Waals surface area contributed by atoms with Crippen LogP contribution in [0.25, 0.3) is 11.5 Å². The summed E-state index contributed by atoms with van der Waals surface area (Å²) < 4.78 is 42.5. The highest BCUT2D eigenvalue weighted by Gasteiger charge is 2.41. The summed E-state index contributed by atoms with van der Waals surface area (Å²) in [5, 5.41) is 8.70. The number of aryl methyl sites for hydroxylation is 1. The van der Waals surface area contributed by atoms with Gasteiger partial charge in [-0.3, -0.25) is 0 Å². The molecule has 0 fully saturated rings. The van der Waals surface area contributed by atoms with Crippen LogP contribution < -0.4 is 0 Å². The number of carboxylic acids is 1. The van der Waals surface area contributed by atoms with E-state index in [1.54, 1.807) is 12.1 Å². The minimum Gasteiger partial charge on any atom is -0.475 e. The lowest BCUT2D eigenvalue weighted by Gasteiger charge is -2.00. The summed E-state index contributed by atoms with van der Waals surface area (Å²) >= 11 is 0. The van der Waals surface area contributed by atoms with Gasteiger partial charge in [-0.2, -0.15) is 13.2 Å². The number of halogens is 3. The van der Waals surface area contributed by atoms with Crippen molar-refractivity contribution in [1.29, 1.82) is 0 Å². The molecule has 7 heteroatoms. The molecule has 2 rings (SSSR count). The summed E-state index contributed by atoms with van der Waals surface area (Å²) in [5.74, 6) is -3.38. The number of aromatic carboxylic acids is 1. The number of rotatable bonds is 2. The van der Waals surface area contributed by atoms with Crippen LogP contribution in [-0.4, -0.2) is 16.1 Å². The van der Waals surface area contributed by atoms with Crippen molar-refractivity contribution >= 4 is 5.97 Å². The molecule has 2 aromatic rings. The Balaban J connectivity index is 2.55. The number of oxazole rings is 1. The van der Waals surface area contributed by atoms with Crippen LogP contribution in [0.4, 0.5) is 13.2 Å². The van der Waals surface area contributed by atoms with Crippen molar-refractivity contribution in [2.75, 3.05) is 0 Å². The van der Waals surface area contributed by atoms with Crippen LogP contribution >= 0.6 is 0 Å². The van der Waals surface area contributed by atoms with E-state index in [9.17, 15) is 18.0 Å². The van der Waals surface area contributed by atoms with Gasteiger partial charge < -0.3 is 9.52 Å². The molecule has 0 bridgehead atoms. The first-order valence-corrected chi connectivity index (χ1v) is 5.17. The molecular weight excluding hydrogens is 263 g/mol. The van der Waals surface area contributed by atoms with Gasteiger partial charge in [-0.1, -0.05) is 17.7 Å². The molecule has 100 valence electrons. The van der Waals surface area contributed by atoms with E-state index < -0.39 is 23.6 Å². The van der Waals surface area contributed by atoms with Gasteiger partial charge in [-0.15, -0.1) is 0 Å². The van der Waals surface area contributed by atoms with Crippen molar-refractivity contribution in [2.24, 2.45) is 0 Å². The zero-order valence-electron chi connectivity index (χ0n) is 9.65. The summed E-state index contributed by atoms with van der Waals surface area (Å²) in [6.07, 6.45) is -4.87. The largest absolute Gasteiger partial charge is 0.475 e. The smallest absolute Gasteiger partial charge is 0.437 e. The summed E-state index contributed by atoms with van der Waals surface area (Å²) in [6.45, 7) is 1.81. The quantitative estimate of drug-likeness (QED) is 0.909. The number of nitrogens with zero attached hydrogens (tertiary/aromatic N) is 1. The highest BCUT2D eigenvalue weighted by molar-refractivity contribution is 5.86. The number of aromatic nitrogens is 1. The van der Waals surface area contributed by atoms with Crippen LogP contribution in [0, 0.1) is 6.92 Å². The average molecular weight is 271 g/mol. The van der Waals surface area contributed by atoms with Gasteiger partial charge in [0.2, 0.25) is 11.7 Å². The first-order chi connectivity index (χ1) is 8.79. The van der Waals surface area contributed by atoms with E-state index in [2.05, 4.69) is 4.98 Å². The number of hydrogen-bond acceptors (Lipinski definition) is 3. The molecule has 0 spiro atoms. The van der Waals surface area contributed by atoms with Gasteiger partial charge in [0.25, 0.3) is 0 Å². The third-order valence-electron chi connectivity index (χ3n) is 2.39. The predicted molar refractivity (Wildman–Crippen MR) is 58.6 cm³/mol. The third-order valence-corrected chi connectivity index (χ3v) is 2.39. The van der Waals surface area contributed by atoms with Crippen LogP contribution in [-0.2, 0) is 6.18 Å². The first-order valence-electron chi connectivity index (χ1n) is 5.17. The Kier molecular flexibility index (Phi) is 3.05. The van der Waals surface area contributed by atoms with Crippen molar-refractivity contribution < 1.29 is 27.5 Å². The van der Waals surface area contributed by atoms with E-state index in [1.165, 1.54) is 12.1 Å². The zero-order valence-corrected chi connectivity index (χ0v) is 9.65. The fraction of sp³-hybridized carbons (Fsp3) is 0.167. The maximum Gasteiger partial charge on any atom is 0.437 e. The maximum absolute atomic E-state index is 12.6. The molecule has 0 unspecified atom stereocenters. The Bertz CT molecular complexity index is 614. The van der Waals surface area contributed by atoms with E-state index in [-0.39, 0.29) is 11.5 Å².